The number of nitrogens with two attached hydrogens (primary N) is 1. The maximum Gasteiger partial charge on any atom is 0.330 e. The van der Waals surface area contributed by atoms with Crippen LogP contribution in [-0.2, 0) is 9.63 Å². The van der Waals surface area contributed by atoms with Gasteiger partial charge in [0, 0.05) is 13.1 Å². The van der Waals surface area contributed by atoms with Gasteiger partial charge in [-0.1, -0.05) is 0 Å². The van der Waals surface area contributed by atoms with Gasteiger partial charge in [-0.15, -0.1) is 5.06 Å². The summed E-state index contributed by atoms with van der Waals surface area (Å²) in [6.07, 6.45) is 3.30. The highest BCUT2D eigenvalue weighted by Gasteiger charge is 2.28. The molecule has 1 rings (SSSR count). The molecule has 1 aliphatic rings. The molecule has 0 saturated carbocycles. The molecule has 1 heterocycles. The third kappa shape index (κ3) is 4.10. The molecule has 1 fully saturated rings. The van der Waals surface area contributed by atoms with Crippen LogP contribution in [0.1, 0.15) is 40.0 Å². The average Bonchev–Trinajstić information content (AvgIpc) is 2.17. The summed E-state index contributed by atoms with van der Waals surface area (Å²) in [6, 6.07) is 0. The molecule has 1 aliphatic heterocycles. The van der Waals surface area contributed by atoms with E-state index in [1.807, 2.05) is 20.8 Å². The monoisotopic (exact) mass is 228 g/mol. The number of carbonyl (C=O) groups excluding carboxylic acids is 1. The van der Waals surface area contributed by atoms with E-state index in [2.05, 4.69) is 0 Å². The zero-order valence-electron chi connectivity index (χ0n) is 10.7. The molecule has 0 bridgehead atoms. The minimum Gasteiger partial charge on any atom is -0.367 e. The molecular weight excluding hydrogens is 204 g/mol. The van der Waals surface area contributed by atoms with Crippen LogP contribution >= 0.6 is 0 Å². The molecule has 4 heteroatoms. The van der Waals surface area contributed by atoms with Gasteiger partial charge in [0.15, 0.2) is 0 Å². The maximum atomic E-state index is 11.7. The molecule has 0 aromatic rings. The lowest BCUT2D eigenvalue weighted by Gasteiger charge is -2.32. The Bertz CT molecular complexity index is 234. The highest BCUT2D eigenvalue weighted by atomic mass is 16.7. The van der Waals surface area contributed by atoms with Gasteiger partial charge < -0.3 is 10.6 Å². The third-order valence-corrected chi connectivity index (χ3v) is 2.88. The van der Waals surface area contributed by atoms with Crippen LogP contribution in [0.5, 0.6) is 0 Å². The number of carbonyl (C=O) groups is 1. The van der Waals surface area contributed by atoms with Crippen LogP contribution < -0.4 is 5.73 Å². The Balaban J connectivity index is 2.40. The van der Waals surface area contributed by atoms with Gasteiger partial charge in [0.05, 0.1) is 5.41 Å². The highest BCUT2D eigenvalue weighted by molar-refractivity contribution is 5.75. The Hall–Kier alpha value is -0.610. The van der Waals surface area contributed by atoms with Gasteiger partial charge in [-0.05, 0) is 52.5 Å². The molecule has 4 nitrogen and oxygen atoms in total. The number of hydrogen-bond acceptors (Lipinski definition) is 4. The van der Waals surface area contributed by atoms with Gasteiger partial charge >= 0.3 is 5.97 Å². The number of rotatable bonds is 3. The summed E-state index contributed by atoms with van der Waals surface area (Å²) >= 11 is 0. The molecule has 2 N–H and O–H groups in total. The van der Waals surface area contributed by atoms with Crippen molar-refractivity contribution in [3.05, 3.63) is 0 Å². The van der Waals surface area contributed by atoms with Crippen molar-refractivity contribution in [2.24, 2.45) is 17.1 Å². The minimum absolute atomic E-state index is 0.152. The van der Waals surface area contributed by atoms with Gasteiger partial charge in [0.1, 0.15) is 0 Å². The summed E-state index contributed by atoms with van der Waals surface area (Å²) in [4.78, 5) is 17.1. The van der Waals surface area contributed by atoms with Crippen molar-refractivity contribution in [2.45, 2.75) is 40.0 Å². The number of hydroxylamine groups is 2. The Morgan fingerprint density at radius 1 is 1.50 bits per heavy atom. The summed E-state index contributed by atoms with van der Waals surface area (Å²) in [5, 5.41) is 1.80. The fraction of sp³-hybridized carbons (Fsp3) is 0.917. The van der Waals surface area contributed by atoms with E-state index in [9.17, 15) is 4.79 Å². The highest BCUT2D eigenvalue weighted by Crippen LogP contribution is 2.22. The molecule has 16 heavy (non-hydrogen) atoms. The molecule has 0 radical (unpaired) electrons. The summed E-state index contributed by atoms with van der Waals surface area (Å²) < 4.78 is 0. The van der Waals surface area contributed by atoms with Crippen LogP contribution in [-0.4, -0.2) is 30.7 Å². The molecule has 0 spiro atoms. The maximum absolute atomic E-state index is 11.7. The summed E-state index contributed by atoms with van der Waals surface area (Å²) in [6.45, 7) is 8.01. The number of piperidine rings is 1. The second-order valence-electron chi connectivity index (χ2n) is 5.60. The van der Waals surface area contributed by atoms with E-state index in [1.54, 1.807) is 5.06 Å². The molecule has 1 unspecified atom stereocenters. The van der Waals surface area contributed by atoms with Gasteiger partial charge in [-0.2, -0.15) is 0 Å². The van der Waals surface area contributed by atoms with Crippen LogP contribution in [0.3, 0.4) is 0 Å². The molecule has 94 valence electrons. The summed E-state index contributed by atoms with van der Waals surface area (Å²) in [5.74, 6) is 0.424. The first-order valence-electron chi connectivity index (χ1n) is 6.11. The first-order valence-corrected chi connectivity index (χ1v) is 6.11. The molecular formula is C12H24N2O2. The van der Waals surface area contributed by atoms with Crippen molar-refractivity contribution in [3.63, 3.8) is 0 Å². The van der Waals surface area contributed by atoms with Crippen LogP contribution in [0.2, 0.25) is 0 Å². The van der Waals surface area contributed by atoms with Gasteiger partial charge in [-0.25, -0.2) is 4.79 Å². The molecule has 0 aliphatic carbocycles. The Labute approximate surface area is 98.1 Å². The van der Waals surface area contributed by atoms with Crippen LogP contribution in [0.4, 0.5) is 0 Å². The van der Waals surface area contributed by atoms with E-state index in [0.717, 1.165) is 25.9 Å². The molecule has 0 amide bonds. The van der Waals surface area contributed by atoms with Crippen LogP contribution in [0, 0.1) is 11.3 Å². The lowest BCUT2D eigenvalue weighted by Crippen LogP contribution is -2.40. The predicted molar refractivity (Wildman–Crippen MR) is 63.5 cm³/mol. The summed E-state index contributed by atoms with van der Waals surface area (Å²) in [7, 11) is 0. The zero-order valence-corrected chi connectivity index (χ0v) is 10.7. The van der Waals surface area contributed by atoms with Crippen LogP contribution in [0.25, 0.3) is 0 Å². The fourth-order valence-electron chi connectivity index (χ4n) is 1.84. The average molecular weight is 228 g/mol. The van der Waals surface area contributed by atoms with Gasteiger partial charge in [-0.3, -0.25) is 0 Å². The molecule has 1 saturated heterocycles. The van der Waals surface area contributed by atoms with Gasteiger partial charge in [0.2, 0.25) is 0 Å². The lowest BCUT2D eigenvalue weighted by atomic mass is 9.96. The van der Waals surface area contributed by atoms with E-state index in [4.69, 9.17) is 10.6 Å². The number of hydrogen-bond donors (Lipinski definition) is 1. The first kappa shape index (κ1) is 13.5. The van der Waals surface area contributed by atoms with Crippen molar-refractivity contribution in [3.8, 4) is 0 Å². The standard InChI is InChI=1S/C12H24N2O2/c1-12(2,3)11(15)16-14-8-4-5-10(9-14)6-7-13/h10H,4-9,13H2,1-3H3. The Morgan fingerprint density at radius 3 is 2.75 bits per heavy atom. The van der Waals surface area contributed by atoms with E-state index >= 15 is 0 Å². The van der Waals surface area contributed by atoms with Crippen molar-refractivity contribution in [1.29, 1.82) is 0 Å². The lowest BCUT2D eigenvalue weighted by molar-refractivity contribution is -0.207. The van der Waals surface area contributed by atoms with Crippen molar-refractivity contribution >= 4 is 5.97 Å². The Morgan fingerprint density at radius 2 is 2.19 bits per heavy atom. The van der Waals surface area contributed by atoms with Crippen molar-refractivity contribution < 1.29 is 9.63 Å². The predicted octanol–water partition coefficient (Wildman–Crippen LogP) is 1.55. The van der Waals surface area contributed by atoms with E-state index in [0.29, 0.717) is 12.5 Å². The quantitative estimate of drug-likeness (QED) is 0.796. The van der Waals surface area contributed by atoms with Crippen molar-refractivity contribution in [2.75, 3.05) is 19.6 Å². The van der Waals surface area contributed by atoms with Gasteiger partial charge in [0.25, 0.3) is 0 Å². The second-order valence-corrected chi connectivity index (χ2v) is 5.60. The largest absolute Gasteiger partial charge is 0.367 e. The minimum atomic E-state index is -0.430. The second kappa shape index (κ2) is 5.64. The van der Waals surface area contributed by atoms with E-state index in [-0.39, 0.29) is 5.97 Å². The van der Waals surface area contributed by atoms with E-state index in [1.165, 1.54) is 6.42 Å². The first-order chi connectivity index (χ1) is 7.43. The SMILES string of the molecule is CC(C)(C)C(=O)ON1CCCC(CCN)C1. The van der Waals surface area contributed by atoms with Crippen LogP contribution in [0.15, 0.2) is 0 Å². The third-order valence-electron chi connectivity index (χ3n) is 2.88. The van der Waals surface area contributed by atoms with E-state index < -0.39 is 5.41 Å². The topological polar surface area (TPSA) is 55.6 Å². The Kier molecular flexibility index (Phi) is 4.74. The molecule has 0 aromatic carbocycles. The molecule has 0 aromatic heterocycles. The summed E-state index contributed by atoms with van der Waals surface area (Å²) in [5.41, 5.74) is 5.12. The zero-order chi connectivity index (χ0) is 12.2. The smallest absolute Gasteiger partial charge is 0.330 e. The number of nitrogens with zero attached hydrogens (tertiary/aromatic N) is 1. The molecule has 1 atom stereocenters. The fourth-order valence-corrected chi connectivity index (χ4v) is 1.84. The van der Waals surface area contributed by atoms with Crippen molar-refractivity contribution in [1.82, 2.24) is 5.06 Å². The normalized spacial score (nSPS) is 23.1.